The summed E-state index contributed by atoms with van der Waals surface area (Å²) in [6, 6.07) is 0. The van der Waals surface area contributed by atoms with E-state index in [1.54, 1.807) is 11.0 Å². The van der Waals surface area contributed by atoms with Crippen LogP contribution in [-0.2, 0) is 28.5 Å². The van der Waals surface area contributed by atoms with Crippen molar-refractivity contribution in [3.63, 3.8) is 0 Å². The first kappa shape index (κ1) is 25.6. The van der Waals surface area contributed by atoms with Gasteiger partial charge < -0.3 is 51.5 Å². The number of carbonyl (C=O) groups excluding carboxylic acids is 6. The van der Waals surface area contributed by atoms with Gasteiger partial charge >= 0.3 is 36.6 Å². The van der Waals surface area contributed by atoms with Gasteiger partial charge in [-0.3, -0.25) is 5.32 Å². The van der Waals surface area contributed by atoms with Gasteiger partial charge in [0, 0.05) is 0 Å². The van der Waals surface area contributed by atoms with Crippen LogP contribution in [0.15, 0.2) is 0 Å². The van der Waals surface area contributed by atoms with Crippen LogP contribution < -0.4 is 39.3 Å². The molecule has 0 saturated carbocycles. The maximum atomic E-state index is 11.9. The molecule has 0 bridgehead atoms. The number of carbonyl (C=O) groups is 6. The van der Waals surface area contributed by atoms with Crippen LogP contribution in [0, 0.1) is 0 Å². The first-order valence-corrected chi connectivity index (χ1v) is 7.41. The quantitative estimate of drug-likeness (QED) is 0.0952. The van der Waals surface area contributed by atoms with E-state index in [1.807, 2.05) is 5.32 Å². The van der Waals surface area contributed by atoms with Crippen LogP contribution >= 0.6 is 0 Å². The third kappa shape index (κ3) is 14.7. The Hall–Kier alpha value is -4.42. The van der Waals surface area contributed by atoms with E-state index < -0.39 is 68.7 Å². The first-order valence-electron chi connectivity index (χ1n) is 7.41. The minimum atomic E-state index is -1.66. The molecule has 0 aliphatic carbocycles. The number of ether oxygens (including phenoxy) is 5. The Morgan fingerprint density at radius 1 is 0.667 bits per heavy atom. The van der Waals surface area contributed by atoms with E-state index in [9.17, 15) is 28.8 Å². The molecular formula is C11H19N7O12. The number of primary amides is 4. The average Bonchev–Trinajstić information content (AvgIpc) is 2.60. The minimum Gasteiger partial charge on any atom is -0.446 e. The number of amides is 6. The summed E-state index contributed by atoms with van der Waals surface area (Å²) in [5, 5.41) is 1.93. The molecule has 0 radical (unpaired) electrons. The average molecular weight is 441 g/mol. The number of alkyl carbamates (subject to hydrolysis) is 1. The Morgan fingerprint density at radius 2 is 1.23 bits per heavy atom. The summed E-state index contributed by atoms with van der Waals surface area (Å²) in [6.45, 7) is -2.05. The third-order valence-electron chi connectivity index (χ3n) is 2.30. The Kier molecular flexibility index (Phi) is 11.7. The summed E-state index contributed by atoms with van der Waals surface area (Å²) in [5.41, 5.74) is 22.3. The van der Waals surface area contributed by atoms with Gasteiger partial charge in [-0.25, -0.2) is 34.2 Å². The van der Waals surface area contributed by atoms with Gasteiger partial charge in [-0.1, -0.05) is 5.59 Å². The molecule has 0 saturated heterocycles. The molecule has 170 valence electrons. The standard InChI is InChI=1S/C11H19N7O12/c12-6(19)25-1-4(2-26-7(13)20)28-10(23)16-5(29-8(14)21)3-27-11(24)17-18-30-9(15)22/h4-5,18H,1-3H2,(H2,12,19)(H2,13,20)(H2,14,21)(H2,15,22)(H,16,23)(H,17,24). The lowest BCUT2D eigenvalue weighted by molar-refractivity contribution is -0.00764. The molecule has 19 nitrogen and oxygen atoms in total. The molecule has 0 fully saturated rings. The van der Waals surface area contributed by atoms with E-state index in [-0.39, 0.29) is 0 Å². The second kappa shape index (κ2) is 13.7. The molecule has 0 aromatic rings. The van der Waals surface area contributed by atoms with E-state index in [0.717, 1.165) is 0 Å². The van der Waals surface area contributed by atoms with E-state index in [4.69, 9.17) is 21.9 Å². The van der Waals surface area contributed by atoms with Gasteiger partial charge in [0.15, 0.2) is 6.10 Å². The fourth-order valence-corrected chi connectivity index (χ4v) is 1.33. The van der Waals surface area contributed by atoms with Crippen LogP contribution in [0.4, 0.5) is 28.8 Å². The molecule has 0 aliphatic heterocycles. The van der Waals surface area contributed by atoms with Crippen LogP contribution in [-0.4, -0.2) is 68.7 Å². The summed E-state index contributed by atoms with van der Waals surface area (Å²) >= 11 is 0. The Bertz CT molecular complexity index is 626. The summed E-state index contributed by atoms with van der Waals surface area (Å²) in [5.74, 6) is 0. The van der Waals surface area contributed by atoms with Gasteiger partial charge in [0.2, 0.25) is 6.23 Å². The van der Waals surface area contributed by atoms with Gasteiger partial charge in [-0.2, -0.15) is 0 Å². The SMILES string of the molecule is NC(=O)OCC(COC(N)=O)OC(=O)NC(COC(=O)NNOC(N)=O)OC(N)=O. The van der Waals surface area contributed by atoms with Gasteiger partial charge in [0.25, 0.3) is 0 Å². The predicted octanol–water partition coefficient (Wildman–Crippen LogP) is -3.07. The molecule has 0 aliphatic rings. The van der Waals surface area contributed by atoms with E-state index in [0.29, 0.717) is 0 Å². The molecule has 0 aromatic heterocycles. The maximum Gasteiger partial charge on any atom is 0.425 e. The number of rotatable bonds is 11. The number of hydrazine groups is 1. The van der Waals surface area contributed by atoms with E-state index in [1.165, 1.54) is 0 Å². The zero-order valence-electron chi connectivity index (χ0n) is 15.0. The van der Waals surface area contributed by atoms with Crippen molar-refractivity contribution in [2.24, 2.45) is 22.9 Å². The zero-order valence-corrected chi connectivity index (χ0v) is 15.0. The molecule has 11 N–H and O–H groups in total. The van der Waals surface area contributed by atoms with Crippen molar-refractivity contribution in [1.29, 1.82) is 0 Å². The molecule has 0 heterocycles. The number of nitrogens with one attached hydrogen (secondary N) is 3. The summed E-state index contributed by atoms with van der Waals surface area (Å²) in [4.78, 5) is 69.6. The smallest absolute Gasteiger partial charge is 0.425 e. The summed E-state index contributed by atoms with van der Waals surface area (Å²) in [6.07, 6.45) is -10.7. The number of hydrogen-bond donors (Lipinski definition) is 7. The largest absolute Gasteiger partial charge is 0.446 e. The highest BCUT2D eigenvalue weighted by atomic mass is 16.7. The second-order valence-corrected chi connectivity index (χ2v) is 4.60. The summed E-state index contributed by atoms with van der Waals surface area (Å²) < 4.78 is 22.6. The molecular weight excluding hydrogens is 422 g/mol. The highest BCUT2D eigenvalue weighted by Gasteiger charge is 2.23. The Balaban J connectivity index is 4.70. The molecule has 19 heteroatoms. The van der Waals surface area contributed by atoms with Gasteiger partial charge in [0.05, 0.1) is 0 Å². The molecule has 30 heavy (non-hydrogen) atoms. The first-order chi connectivity index (χ1) is 14.0. The fourth-order valence-electron chi connectivity index (χ4n) is 1.33. The van der Waals surface area contributed by atoms with Gasteiger partial charge in [-0.15, -0.1) is 0 Å². The van der Waals surface area contributed by atoms with Crippen molar-refractivity contribution in [3.8, 4) is 0 Å². The van der Waals surface area contributed by atoms with Crippen LogP contribution in [0.1, 0.15) is 0 Å². The van der Waals surface area contributed by atoms with Crippen LogP contribution in [0.25, 0.3) is 0 Å². The van der Waals surface area contributed by atoms with Crippen LogP contribution in [0.5, 0.6) is 0 Å². The number of hydrogen-bond acceptors (Lipinski definition) is 13. The van der Waals surface area contributed by atoms with Crippen molar-refractivity contribution in [2.75, 3.05) is 19.8 Å². The van der Waals surface area contributed by atoms with Crippen molar-refractivity contribution in [1.82, 2.24) is 16.3 Å². The van der Waals surface area contributed by atoms with Crippen molar-refractivity contribution < 1.29 is 57.3 Å². The van der Waals surface area contributed by atoms with E-state index in [2.05, 4.69) is 29.5 Å². The summed E-state index contributed by atoms with van der Waals surface area (Å²) in [7, 11) is 0. The fraction of sp³-hybridized carbons (Fsp3) is 0.455. The Morgan fingerprint density at radius 3 is 1.70 bits per heavy atom. The monoisotopic (exact) mass is 441 g/mol. The van der Waals surface area contributed by atoms with Gasteiger partial charge in [0.1, 0.15) is 19.8 Å². The number of nitrogens with two attached hydrogens (primary N) is 4. The van der Waals surface area contributed by atoms with Crippen LogP contribution in [0.2, 0.25) is 0 Å². The van der Waals surface area contributed by atoms with Crippen molar-refractivity contribution in [2.45, 2.75) is 12.3 Å². The minimum absolute atomic E-state index is 0.623. The zero-order chi connectivity index (χ0) is 23.1. The molecule has 0 spiro atoms. The molecule has 1 unspecified atom stereocenters. The topological polar surface area (TPSA) is 298 Å². The van der Waals surface area contributed by atoms with E-state index >= 15 is 0 Å². The lowest BCUT2D eigenvalue weighted by Crippen LogP contribution is -2.47. The highest BCUT2D eigenvalue weighted by Crippen LogP contribution is 1.99. The van der Waals surface area contributed by atoms with Gasteiger partial charge in [-0.05, 0) is 0 Å². The predicted molar refractivity (Wildman–Crippen MR) is 87.2 cm³/mol. The van der Waals surface area contributed by atoms with Crippen molar-refractivity contribution in [3.05, 3.63) is 0 Å². The lowest BCUT2D eigenvalue weighted by atomic mass is 10.4. The molecule has 0 aromatic carbocycles. The normalized spacial score (nSPS) is 10.7. The molecule has 6 amide bonds. The highest BCUT2D eigenvalue weighted by molar-refractivity contribution is 5.70. The third-order valence-corrected chi connectivity index (χ3v) is 2.30. The van der Waals surface area contributed by atoms with Crippen LogP contribution in [0.3, 0.4) is 0 Å². The molecule has 1 atom stereocenters. The lowest BCUT2D eigenvalue weighted by Gasteiger charge is -2.21. The van der Waals surface area contributed by atoms with Crippen molar-refractivity contribution >= 4 is 36.6 Å². The second-order valence-electron chi connectivity index (χ2n) is 4.60. The maximum absolute atomic E-state index is 11.9. The Labute approximate surface area is 166 Å². The molecule has 0 rings (SSSR count).